The summed E-state index contributed by atoms with van der Waals surface area (Å²) in [6.07, 6.45) is 2.27. The number of carbonyl (C=O) groups excluding carboxylic acids is 1. The average molecular weight is 241 g/mol. The second kappa shape index (κ2) is 6.97. The van der Waals surface area contributed by atoms with Crippen molar-refractivity contribution in [1.29, 1.82) is 0 Å². The topological polar surface area (TPSA) is 44.4 Å². The molecule has 0 aliphatic carbocycles. The Balaban J connectivity index is 2.23. The Hall–Kier alpha value is -0.610. The molecular weight excluding hydrogens is 214 g/mol. The lowest BCUT2D eigenvalue weighted by Crippen LogP contribution is -2.50. The van der Waals surface area contributed by atoms with E-state index in [0.29, 0.717) is 12.0 Å². The van der Waals surface area contributed by atoms with Gasteiger partial charge in [-0.05, 0) is 45.8 Å². The van der Waals surface area contributed by atoms with Crippen LogP contribution >= 0.6 is 0 Å². The third kappa shape index (κ3) is 5.50. The van der Waals surface area contributed by atoms with Crippen LogP contribution in [0.15, 0.2) is 0 Å². The molecule has 1 unspecified atom stereocenters. The van der Waals surface area contributed by atoms with Crippen molar-refractivity contribution in [3.05, 3.63) is 0 Å². The first-order valence-corrected chi connectivity index (χ1v) is 6.71. The number of rotatable bonds is 5. The van der Waals surface area contributed by atoms with Gasteiger partial charge < -0.3 is 15.5 Å². The number of piperidine rings is 1. The van der Waals surface area contributed by atoms with Crippen LogP contribution in [0.1, 0.15) is 33.6 Å². The van der Waals surface area contributed by atoms with Gasteiger partial charge in [-0.1, -0.05) is 13.8 Å². The second-order valence-electron chi connectivity index (χ2n) is 5.60. The maximum atomic E-state index is 11.8. The summed E-state index contributed by atoms with van der Waals surface area (Å²) < 4.78 is 0. The van der Waals surface area contributed by atoms with Crippen molar-refractivity contribution in [1.82, 2.24) is 15.5 Å². The molecule has 0 aromatic carbocycles. The Morgan fingerprint density at radius 1 is 1.29 bits per heavy atom. The van der Waals surface area contributed by atoms with E-state index in [2.05, 4.69) is 36.4 Å². The van der Waals surface area contributed by atoms with Gasteiger partial charge in [-0.2, -0.15) is 0 Å². The molecule has 0 aromatic rings. The van der Waals surface area contributed by atoms with Gasteiger partial charge in [0.25, 0.3) is 0 Å². The smallest absolute Gasteiger partial charge is 0.236 e. The summed E-state index contributed by atoms with van der Waals surface area (Å²) in [6.45, 7) is 9.17. The van der Waals surface area contributed by atoms with Crippen molar-refractivity contribution >= 4 is 5.91 Å². The molecule has 0 bridgehead atoms. The van der Waals surface area contributed by atoms with Gasteiger partial charge in [-0.15, -0.1) is 0 Å². The summed E-state index contributed by atoms with van der Waals surface area (Å²) >= 11 is 0. The molecule has 0 spiro atoms. The number of carbonyl (C=O) groups is 1. The number of nitrogens with zero attached hydrogens (tertiary/aromatic N) is 1. The Bertz CT molecular complexity index is 235. The first-order chi connectivity index (χ1) is 7.99. The highest BCUT2D eigenvalue weighted by Gasteiger charge is 2.21. The number of likely N-dealkylation sites (tertiary alicyclic amines) is 1. The van der Waals surface area contributed by atoms with Crippen LogP contribution < -0.4 is 10.6 Å². The lowest BCUT2D eigenvalue weighted by molar-refractivity contribution is -0.123. The molecule has 0 radical (unpaired) electrons. The maximum absolute atomic E-state index is 11.8. The van der Waals surface area contributed by atoms with E-state index in [-0.39, 0.29) is 11.9 Å². The molecular formula is C13H27N3O. The Kier molecular flexibility index (Phi) is 5.92. The van der Waals surface area contributed by atoms with Gasteiger partial charge in [0.1, 0.15) is 0 Å². The van der Waals surface area contributed by atoms with Crippen LogP contribution in [0.25, 0.3) is 0 Å². The van der Waals surface area contributed by atoms with Crippen molar-refractivity contribution in [2.24, 2.45) is 5.92 Å². The molecule has 1 aliphatic heterocycles. The van der Waals surface area contributed by atoms with Gasteiger partial charge in [-0.25, -0.2) is 0 Å². The molecule has 4 heteroatoms. The molecule has 4 nitrogen and oxygen atoms in total. The van der Waals surface area contributed by atoms with Crippen LogP contribution in [-0.2, 0) is 4.79 Å². The number of amides is 1. The molecule has 17 heavy (non-hydrogen) atoms. The lowest BCUT2D eigenvalue weighted by Gasteiger charge is -2.31. The van der Waals surface area contributed by atoms with Crippen molar-refractivity contribution in [3.63, 3.8) is 0 Å². The molecule has 2 N–H and O–H groups in total. The fourth-order valence-corrected chi connectivity index (χ4v) is 2.06. The molecule has 1 heterocycles. The van der Waals surface area contributed by atoms with Crippen LogP contribution in [0.5, 0.6) is 0 Å². The van der Waals surface area contributed by atoms with Gasteiger partial charge >= 0.3 is 0 Å². The van der Waals surface area contributed by atoms with E-state index < -0.39 is 0 Å². The SMILES string of the molecule is CC(C)CNC(=O)C(C)NC1CCN(C)CC1. The van der Waals surface area contributed by atoms with E-state index in [0.717, 1.165) is 32.5 Å². The van der Waals surface area contributed by atoms with Crippen LogP contribution in [-0.4, -0.2) is 49.6 Å². The number of hydrogen-bond donors (Lipinski definition) is 2. The Labute approximate surface area is 105 Å². The predicted molar refractivity (Wildman–Crippen MR) is 71.0 cm³/mol. The lowest BCUT2D eigenvalue weighted by atomic mass is 10.0. The van der Waals surface area contributed by atoms with E-state index in [4.69, 9.17) is 0 Å². The normalized spacial score (nSPS) is 20.5. The third-order valence-electron chi connectivity index (χ3n) is 3.28. The molecule has 1 atom stereocenters. The highest BCUT2D eigenvalue weighted by Crippen LogP contribution is 2.08. The predicted octanol–water partition coefficient (Wildman–Crippen LogP) is 0.831. The minimum atomic E-state index is -0.0813. The fraction of sp³-hybridized carbons (Fsp3) is 0.923. The van der Waals surface area contributed by atoms with Gasteiger partial charge in [0.05, 0.1) is 6.04 Å². The molecule has 1 amide bonds. The molecule has 1 fully saturated rings. The van der Waals surface area contributed by atoms with E-state index in [1.165, 1.54) is 0 Å². The van der Waals surface area contributed by atoms with Crippen molar-refractivity contribution < 1.29 is 4.79 Å². The standard InChI is InChI=1S/C13H27N3O/c1-10(2)9-14-13(17)11(3)15-12-5-7-16(4)8-6-12/h10-12,15H,5-9H2,1-4H3,(H,14,17). The number of nitrogens with one attached hydrogen (secondary N) is 2. The molecule has 0 aromatic heterocycles. The van der Waals surface area contributed by atoms with Crippen LogP contribution in [0.2, 0.25) is 0 Å². The molecule has 0 saturated carbocycles. The van der Waals surface area contributed by atoms with Crippen LogP contribution in [0, 0.1) is 5.92 Å². The summed E-state index contributed by atoms with van der Waals surface area (Å²) in [5.74, 6) is 0.632. The molecule has 1 saturated heterocycles. The van der Waals surface area contributed by atoms with E-state index in [1.807, 2.05) is 6.92 Å². The summed E-state index contributed by atoms with van der Waals surface area (Å²) in [5.41, 5.74) is 0. The maximum Gasteiger partial charge on any atom is 0.236 e. The first kappa shape index (κ1) is 14.5. The van der Waals surface area contributed by atoms with Crippen LogP contribution in [0.4, 0.5) is 0 Å². The van der Waals surface area contributed by atoms with E-state index >= 15 is 0 Å². The summed E-state index contributed by atoms with van der Waals surface area (Å²) in [6, 6.07) is 0.410. The zero-order valence-electron chi connectivity index (χ0n) is 11.6. The van der Waals surface area contributed by atoms with Gasteiger partial charge in [0, 0.05) is 12.6 Å². The third-order valence-corrected chi connectivity index (χ3v) is 3.28. The quantitative estimate of drug-likeness (QED) is 0.749. The fourth-order valence-electron chi connectivity index (χ4n) is 2.06. The van der Waals surface area contributed by atoms with Gasteiger partial charge in [0.15, 0.2) is 0 Å². The monoisotopic (exact) mass is 241 g/mol. The highest BCUT2D eigenvalue weighted by molar-refractivity contribution is 5.81. The zero-order valence-corrected chi connectivity index (χ0v) is 11.6. The van der Waals surface area contributed by atoms with Crippen molar-refractivity contribution in [2.45, 2.75) is 45.7 Å². The average Bonchev–Trinajstić information content (AvgIpc) is 2.28. The minimum Gasteiger partial charge on any atom is -0.354 e. The molecule has 1 rings (SSSR count). The van der Waals surface area contributed by atoms with Gasteiger partial charge in [0.2, 0.25) is 5.91 Å². The summed E-state index contributed by atoms with van der Waals surface area (Å²) in [7, 11) is 2.15. The largest absolute Gasteiger partial charge is 0.354 e. The second-order valence-corrected chi connectivity index (χ2v) is 5.60. The van der Waals surface area contributed by atoms with Crippen molar-refractivity contribution in [3.8, 4) is 0 Å². The van der Waals surface area contributed by atoms with Crippen LogP contribution in [0.3, 0.4) is 0 Å². The van der Waals surface area contributed by atoms with E-state index in [1.54, 1.807) is 0 Å². The molecule has 100 valence electrons. The van der Waals surface area contributed by atoms with Crippen molar-refractivity contribution in [2.75, 3.05) is 26.7 Å². The summed E-state index contributed by atoms with van der Waals surface area (Å²) in [5, 5.41) is 6.39. The summed E-state index contributed by atoms with van der Waals surface area (Å²) in [4.78, 5) is 14.1. The Morgan fingerprint density at radius 2 is 1.88 bits per heavy atom. The van der Waals surface area contributed by atoms with Gasteiger partial charge in [-0.3, -0.25) is 4.79 Å². The number of hydrogen-bond acceptors (Lipinski definition) is 3. The van der Waals surface area contributed by atoms with E-state index in [9.17, 15) is 4.79 Å². The molecule has 1 aliphatic rings. The minimum absolute atomic E-state index is 0.0813. The Morgan fingerprint density at radius 3 is 2.41 bits per heavy atom. The first-order valence-electron chi connectivity index (χ1n) is 6.71. The highest BCUT2D eigenvalue weighted by atomic mass is 16.2. The zero-order chi connectivity index (χ0) is 12.8.